The van der Waals surface area contributed by atoms with E-state index in [1.165, 1.54) is 0 Å². The second-order valence-corrected chi connectivity index (χ2v) is 4.63. The smallest absolute Gasteiger partial charge is 0.326 e. The number of nitrogens with one attached hydrogen (secondary N) is 1. The molecule has 0 amide bonds. The van der Waals surface area contributed by atoms with E-state index in [0.717, 1.165) is 19.3 Å². The van der Waals surface area contributed by atoms with Crippen molar-refractivity contribution in [3.05, 3.63) is 0 Å². The Hall–Kier alpha value is -1.10. The number of unbranched alkanes of at least 4 members (excludes halogenated alkanes) is 1. The Bertz CT molecular complexity index is 317. The molecule has 5 heteroatoms. The number of rotatable bonds is 5. The molecule has 0 spiro atoms. The zero-order valence-corrected chi connectivity index (χ0v) is 9.36. The van der Waals surface area contributed by atoms with E-state index in [2.05, 4.69) is 5.32 Å². The fraction of sp³-hybridized carbons (Fsp3) is 0.818. The highest BCUT2D eigenvalue weighted by atomic mass is 16.5. The minimum absolute atomic E-state index is 0.155. The average Bonchev–Trinajstić information content (AvgIpc) is 2.82. The highest BCUT2D eigenvalue weighted by Gasteiger charge is 2.67. The number of ether oxygens (including phenoxy) is 1. The molecular formula is C11H17NO4. The fourth-order valence-corrected chi connectivity index (χ4v) is 2.35. The summed E-state index contributed by atoms with van der Waals surface area (Å²) < 4.78 is 5.14. The van der Waals surface area contributed by atoms with E-state index in [9.17, 15) is 9.59 Å². The second kappa shape index (κ2) is 4.05. The van der Waals surface area contributed by atoms with Gasteiger partial charge in [-0.3, -0.25) is 14.9 Å². The molecule has 1 saturated heterocycles. The lowest BCUT2D eigenvalue weighted by atomic mass is 10.2. The van der Waals surface area contributed by atoms with Gasteiger partial charge in [-0.05, 0) is 25.2 Å². The van der Waals surface area contributed by atoms with Crippen molar-refractivity contribution in [3.63, 3.8) is 0 Å². The van der Waals surface area contributed by atoms with Crippen molar-refractivity contribution in [1.82, 2.24) is 5.32 Å². The van der Waals surface area contributed by atoms with Crippen molar-refractivity contribution < 1.29 is 19.4 Å². The van der Waals surface area contributed by atoms with E-state index >= 15 is 0 Å². The first kappa shape index (κ1) is 11.4. The zero-order chi connectivity index (χ0) is 11.8. The third-order valence-electron chi connectivity index (χ3n) is 3.45. The predicted molar refractivity (Wildman–Crippen MR) is 55.9 cm³/mol. The number of carbonyl (C=O) groups excluding carboxylic acids is 1. The van der Waals surface area contributed by atoms with Gasteiger partial charge in [0.1, 0.15) is 11.6 Å². The van der Waals surface area contributed by atoms with E-state index in [0.29, 0.717) is 13.0 Å². The van der Waals surface area contributed by atoms with Gasteiger partial charge >= 0.3 is 11.9 Å². The van der Waals surface area contributed by atoms with Crippen molar-refractivity contribution in [1.29, 1.82) is 0 Å². The number of fused-ring (bicyclic) bond motifs is 1. The first-order chi connectivity index (χ1) is 7.60. The molecule has 2 fully saturated rings. The minimum atomic E-state index is -0.882. The maximum atomic E-state index is 11.8. The van der Waals surface area contributed by atoms with E-state index in [1.54, 1.807) is 0 Å². The largest absolute Gasteiger partial charge is 0.480 e. The summed E-state index contributed by atoms with van der Waals surface area (Å²) in [5.74, 6) is -0.995. The highest BCUT2D eigenvalue weighted by molar-refractivity contribution is 5.88. The molecule has 0 aromatic rings. The Balaban J connectivity index is 1.86. The van der Waals surface area contributed by atoms with Crippen LogP contribution in [0.3, 0.4) is 0 Å². The topological polar surface area (TPSA) is 75.6 Å². The zero-order valence-electron chi connectivity index (χ0n) is 9.36. The average molecular weight is 227 g/mol. The molecule has 16 heavy (non-hydrogen) atoms. The highest BCUT2D eigenvalue weighted by Crippen LogP contribution is 2.52. The first-order valence-corrected chi connectivity index (χ1v) is 5.78. The molecule has 0 aromatic carbocycles. The monoisotopic (exact) mass is 227 g/mol. The summed E-state index contributed by atoms with van der Waals surface area (Å²) in [5, 5.41) is 11.7. The van der Waals surface area contributed by atoms with E-state index in [-0.39, 0.29) is 11.9 Å². The van der Waals surface area contributed by atoms with Crippen molar-refractivity contribution in [3.8, 4) is 0 Å². The number of hydrogen-bond donors (Lipinski definition) is 2. The van der Waals surface area contributed by atoms with Gasteiger partial charge in [0.2, 0.25) is 0 Å². The van der Waals surface area contributed by atoms with Gasteiger partial charge < -0.3 is 9.84 Å². The summed E-state index contributed by atoms with van der Waals surface area (Å²) in [7, 11) is 0. The SMILES string of the molecule is CCCCOC(=O)C12CC1CC(C(=O)O)N2. The van der Waals surface area contributed by atoms with Gasteiger partial charge in [-0.2, -0.15) is 0 Å². The standard InChI is InChI=1S/C11H17NO4/c1-2-3-4-16-10(15)11-6-7(11)5-8(12-11)9(13)14/h7-8,12H,2-6H2,1H3,(H,13,14). The van der Waals surface area contributed by atoms with Crippen LogP contribution in [0.1, 0.15) is 32.6 Å². The van der Waals surface area contributed by atoms with E-state index in [4.69, 9.17) is 9.84 Å². The van der Waals surface area contributed by atoms with Crippen LogP contribution in [0.25, 0.3) is 0 Å². The summed E-state index contributed by atoms with van der Waals surface area (Å²) in [5.41, 5.74) is -0.670. The molecule has 3 atom stereocenters. The molecule has 2 N–H and O–H groups in total. The fourth-order valence-electron chi connectivity index (χ4n) is 2.35. The van der Waals surface area contributed by atoms with Gasteiger partial charge in [0, 0.05) is 0 Å². The third-order valence-corrected chi connectivity index (χ3v) is 3.45. The van der Waals surface area contributed by atoms with Gasteiger partial charge in [0.05, 0.1) is 6.61 Å². The first-order valence-electron chi connectivity index (χ1n) is 5.78. The molecule has 5 nitrogen and oxygen atoms in total. The Morgan fingerprint density at radius 2 is 2.31 bits per heavy atom. The molecule has 90 valence electrons. The Morgan fingerprint density at radius 3 is 2.88 bits per heavy atom. The maximum Gasteiger partial charge on any atom is 0.326 e. The van der Waals surface area contributed by atoms with Gasteiger partial charge in [-0.1, -0.05) is 13.3 Å². The summed E-state index contributed by atoms with van der Waals surface area (Å²) in [6.45, 7) is 2.46. The van der Waals surface area contributed by atoms with E-state index in [1.807, 2.05) is 6.92 Å². The van der Waals surface area contributed by atoms with Gasteiger partial charge in [-0.25, -0.2) is 0 Å². The van der Waals surface area contributed by atoms with E-state index < -0.39 is 17.6 Å². The van der Waals surface area contributed by atoms with Gasteiger partial charge in [-0.15, -0.1) is 0 Å². The normalized spacial score (nSPS) is 35.6. The molecule has 2 rings (SSSR count). The summed E-state index contributed by atoms with van der Waals surface area (Å²) in [6.07, 6.45) is 3.10. The van der Waals surface area contributed by atoms with Crippen LogP contribution in [0.2, 0.25) is 0 Å². The van der Waals surface area contributed by atoms with Crippen LogP contribution < -0.4 is 5.32 Å². The lowest BCUT2D eigenvalue weighted by molar-refractivity contribution is -0.148. The second-order valence-electron chi connectivity index (χ2n) is 4.63. The van der Waals surface area contributed by atoms with Crippen molar-refractivity contribution in [2.45, 2.75) is 44.2 Å². The van der Waals surface area contributed by atoms with Crippen LogP contribution in [0.15, 0.2) is 0 Å². The quantitative estimate of drug-likeness (QED) is 0.529. The Kier molecular flexibility index (Phi) is 2.88. The molecule has 1 aliphatic heterocycles. The van der Waals surface area contributed by atoms with Crippen molar-refractivity contribution >= 4 is 11.9 Å². The van der Waals surface area contributed by atoms with Gasteiger partial charge in [0.15, 0.2) is 0 Å². The number of carboxylic acid groups (broad SMARTS) is 1. The van der Waals surface area contributed by atoms with Crippen LogP contribution in [0.5, 0.6) is 0 Å². The van der Waals surface area contributed by atoms with Gasteiger partial charge in [0.25, 0.3) is 0 Å². The molecule has 1 aliphatic carbocycles. The minimum Gasteiger partial charge on any atom is -0.480 e. The molecule has 3 unspecified atom stereocenters. The van der Waals surface area contributed by atoms with Crippen molar-refractivity contribution in [2.24, 2.45) is 5.92 Å². The summed E-state index contributed by atoms with van der Waals surface area (Å²) in [4.78, 5) is 22.6. The lowest BCUT2D eigenvalue weighted by Crippen LogP contribution is -2.45. The number of piperidine rings is 1. The Morgan fingerprint density at radius 1 is 1.56 bits per heavy atom. The molecule has 0 aromatic heterocycles. The van der Waals surface area contributed by atoms with Crippen LogP contribution >= 0.6 is 0 Å². The summed E-state index contributed by atoms with van der Waals surface area (Å²) in [6, 6.07) is -0.586. The van der Waals surface area contributed by atoms with Crippen LogP contribution in [-0.4, -0.2) is 35.2 Å². The molecule has 0 radical (unpaired) electrons. The molecule has 2 aliphatic rings. The number of esters is 1. The molecule has 1 saturated carbocycles. The number of carbonyl (C=O) groups is 2. The third kappa shape index (κ3) is 1.80. The molecule has 1 heterocycles. The maximum absolute atomic E-state index is 11.8. The van der Waals surface area contributed by atoms with Crippen LogP contribution in [0.4, 0.5) is 0 Å². The number of hydrogen-bond acceptors (Lipinski definition) is 4. The predicted octanol–water partition coefficient (Wildman–Crippen LogP) is 0.535. The van der Waals surface area contributed by atoms with Crippen LogP contribution in [0, 0.1) is 5.92 Å². The molecule has 0 bridgehead atoms. The van der Waals surface area contributed by atoms with Crippen LogP contribution in [-0.2, 0) is 14.3 Å². The number of carboxylic acids is 1. The van der Waals surface area contributed by atoms with Crippen molar-refractivity contribution in [2.75, 3.05) is 6.61 Å². The number of aliphatic carboxylic acids is 1. The Labute approximate surface area is 94.2 Å². The summed E-state index contributed by atoms with van der Waals surface area (Å²) >= 11 is 0. The molecular weight excluding hydrogens is 210 g/mol. The lowest BCUT2D eigenvalue weighted by Gasteiger charge is -2.15.